The molecular formula is C55H63BrN4S4. The molecule has 0 amide bonds. The summed E-state index contributed by atoms with van der Waals surface area (Å²) in [5.74, 6) is 0.632. The number of aromatic nitrogens is 4. The van der Waals surface area contributed by atoms with Gasteiger partial charge in [0, 0.05) is 78.3 Å². The third-order valence-electron chi connectivity index (χ3n) is 12.7. The first-order chi connectivity index (χ1) is 30.9. The van der Waals surface area contributed by atoms with Gasteiger partial charge in [-0.3, -0.25) is 0 Å². The molecular weight excluding hydrogens is 925 g/mol. The molecule has 0 aliphatic rings. The van der Waals surface area contributed by atoms with E-state index in [-0.39, 0.29) is 7.43 Å². The Morgan fingerprint density at radius 1 is 0.531 bits per heavy atom. The van der Waals surface area contributed by atoms with Crippen molar-refractivity contribution in [2.24, 2.45) is 5.92 Å². The molecule has 6 heterocycles. The van der Waals surface area contributed by atoms with Crippen LogP contribution in [0.5, 0.6) is 0 Å². The summed E-state index contributed by atoms with van der Waals surface area (Å²) in [7, 11) is 0. The lowest BCUT2D eigenvalue weighted by atomic mass is 9.94. The van der Waals surface area contributed by atoms with Crippen molar-refractivity contribution in [3.8, 4) is 50.8 Å². The van der Waals surface area contributed by atoms with Gasteiger partial charge in [-0.15, -0.1) is 45.3 Å². The third kappa shape index (κ3) is 10.2. The summed E-state index contributed by atoms with van der Waals surface area (Å²) < 4.78 is 2.51. The average Bonchev–Trinajstić information content (AvgIpc) is 4.16. The zero-order valence-corrected chi connectivity index (χ0v) is 42.1. The molecule has 0 radical (unpaired) electrons. The van der Waals surface area contributed by atoms with Crippen LogP contribution >= 0.6 is 61.3 Å². The van der Waals surface area contributed by atoms with Gasteiger partial charge in [0.2, 0.25) is 0 Å². The van der Waals surface area contributed by atoms with E-state index in [1.165, 1.54) is 160 Å². The Bertz CT molecular complexity index is 2940. The SMILES string of the molecule is C.CCCCCCCCC(CCCCCC)Cn1nc2c(C)ccc(-c3ccc(-c4ccc(-c5ccc6c7ccc(-c8ccc(-c9ccc(C)s9)s8)cc7n(CCBr)c6c5)s4)s3)c2n1. The van der Waals surface area contributed by atoms with E-state index in [0.717, 1.165) is 29.5 Å². The molecule has 0 saturated carbocycles. The lowest BCUT2D eigenvalue weighted by Gasteiger charge is -2.16. The maximum absolute atomic E-state index is 5.23. The maximum Gasteiger partial charge on any atom is 0.122 e. The van der Waals surface area contributed by atoms with Gasteiger partial charge in [0.1, 0.15) is 11.0 Å². The van der Waals surface area contributed by atoms with E-state index in [4.69, 9.17) is 10.2 Å². The van der Waals surface area contributed by atoms with Gasteiger partial charge in [-0.1, -0.05) is 138 Å². The molecule has 0 fully saturated rings. The van der Waals surface area contributed by atoms with E-state index in [1.54, 1.807) is 0 Å². The van der Waals surface area contributed by atoms with E-state index in [9.17, 15) is 0 Å². The summed E-state index contributed by atoms with van der Waals surface area (Å²) in [6, 6.07) is 36.8. The number of halogens is 1. The number of hydrogen-bond donors (Lipinski definition) is 0. The molecule has 0 N–H and O–H groups in total. The van der Waals surface area contributed by atoms with Crippen molar-refractivity contribution in [1.29, 1.82) is 0 Å². The molecule has 4 nitrogen and oxygen atoms in total. The van der Waals surface area contributed by atoms with Crippen molar-refractivity contribution < 1.29 is 0 Å². The lowest BCUT2D eigenvalue weighted by molar-refractivity contribution is 0.327. The normalized spacial score (nSPS) is 12.3. The molecule has 334 valence electrons. The van der Waals surface area contributed by atoms with Crippen molar-refractivity contribution >= 4 is 94.1 Å². The molecule has 9 rings (SSSR count). The van der Waals surface area contributed by atoms with Crippen LogP contribution < -0.4 is 0 Å². The summed E-state index contributed by atoms with van der Waals surface area (Å²) in [6.07, 6.45) is 15.9. The second-order valence-electron chi connectivity index (χ2n) is 17.4. The topological polar surface area (TPSA) is 35.6 Å². The summed E-state index contributed by atoms with van der Waals surface area (Å²) >= 11 is 11.3. The Morgan fingerprint density at radius 3 is 1.61 bits per heavy atom. The largest absolute Gasteiger partial charge is 0.340 e. The number of nitrogens with zero attached hydrogens (tertiary/aromatic N) is 4. The van der Waals surface area contributed by atoms with Gasteiger partial charge >= 0.3 is 0 Å². The van der Waals surface area contributed by atoms with Crippen molar-refractivity contribution in [3.63, 3.8) is 0 Å². The Balaban J connectivity index is 0.00000560. The standard InChI is InChI=1S/C54H59BrN4S4.CH4/c1-5-7-9-11-12-14-16-38(15-13-10-8-6-2)35-59-56-53-36(3)17-21-43(54(53)57-59)48-27-30-52(63-48)51-29-26-47(62-51)40-20-23-42-41-22-19-39(33-44(41)58(32-31-55)45(42)34-40)46-25-28-50(61-46)49-24-18-37(4)60-49;/h17-30,33-34,38H,5-16,31-32,35H2,1-4H3;1H4. The van der Waals surface area contributed by atoms with Crippen molar-refractivity contribution in [2.75, 3.05) is 5.33 Å². The Labute approximate surface area is 405 Å². The maximum atomic E-state index is 5.23. The minimum absolute atomic E-state index is 0. The van der Waals surface area contributed by atoms with Gasteiger partial charge in [-0.05, 0) is 110 Å². The van der Waals surface area contributed by atoms with Gasteiger partial charge in [0.15, 0.2) is 0 Å². The van der Waals surface area contributed by atoms with Crippen molar-refractivity contribution in [3.05, 3.63) is 108 Å². The van der Waals surface area contributed by atoms with Crippen LogP contribution in [-0.2, 0) is 13.1 Å². The highest BCUT2D eigenvalue weighted by Crippen LogP contribution is 2.44. The minimum Gasteiger partial charge on any atom is -0.340 e. The van der Waals surface area contributed by atoms with Crippen LogP contribution in [0.25, 0.3) is 83.7 Å². The first-order valence-electron chi connectivity index (χ1n) is 23.2. The number of alkyl halides is 1. The van der Waals surface area contributed by atoms with Crippen LogP contribution in [0.2, 0.25) is 0 Å². The lowest BCUT2D eigenvalue weighted by Crippen LogP contribution is -2.13. The fourth-order valence-electron chi connectivity index (χ4n) is 9.23. The highest BCUT2D eigenvalue weighted by Gasteiger charge is 2.19. The number of hydrogen-bond acceptors (Lipinski definition) is 6. The molecule has 0 spiro atoms. The smallest absolute Gasteiger partial charge is 0.122 e. The molecule has 3 aromatic carbocycles. The number of unbranched alkanes of at least 4 members (excludes halogenated alkanes) is 8. The molecule has 6 aromatic heterocycles. The van der Waals surface area contributed by atoms with Gasteiger partial charge in [0.25, 0.3) is 0 Å². The van der Waals surface area contributed by atoms with E-state index in [1.807, 2.05) is 50.1 Å². The molecule has 1 atom stereocenters. The highest BCUT2D eigenvalue weighted by molar-refractivity contribution is 9.09. The van der Waals surface area contributed by atoms with E-state index in [2.05, 4.69) is 145 Å². The molecule has 9 heteroatoms. The molecule has 0 aliphatic carbocycles. The molecule has 0 bridgehead atoms. The molecule has 9 aromatic rings. The number of benzene rings is 3. The number of aryl methyl sites for hydroxylation is 3. The van der Waals surface area contributed by atoms with Gasteiger partial charge in [-0.2, -0.15) is 15.0 Å². The Morgan fingerprint density at radius 2 is 1.03 bits per heavy atom. The van der Waals surface area contributed by atoms with Crippen LogP contribution in [0.3, 0.4) is 0 Å². The van der Waals surface area contributed by atoms with Crippen LogP contribution in [0.1, 0.15) is 109 Å². The average molecular weight is 988 g/mol. The molecule has 64 heavy (non-hydrogen) atoms. The zero-order chi connectivity index (χ0) is 43.3. The first-order valence-corrected chi connectivity index (χ1v) is 27.6. The quantitative estimate of drug-likeness (QED) is 0.0531. The predicted molar refractivity (Wildman–Crippen MR) is 289 cm³/mol. The zero-order valence-electron chi connectivity index (χ0n) is 37.2. The van der Waals surface area contributed by atoms with E-state index >= 15 is 0 Å². The monoisotopic (exact) mass is 986 g/mol. The molecule has 0 saturated heterocycles. The van der Waals surface area contributed by atoms with Crippen molar-refractivity contribution in [2.45, 2.75) is 125 Å². The first kappa shape index (κ1) is 46.7. The molecule has 1 unspecified atom stereocenters. The van der Waals surface area contributed by atoms with E-state index in [0.29, 0.717) is 5.92 Å². The van der Waals surface area contributed by atoms with Gasteiger partial charge < -0.3 is 4.57 Å². The number of thiophene rings is 4. The highest BCUT2D eigenvalue weighted by atomic mass is 79.9. The molecule has 0 aliphatic heterocycles. The van der Waals surface area contributed by atoms with E-state index < -0.39 is 0 Å². The summed E-state index contributed by atoms with van der Waals surface area (Å²) in [6.45, 7) is 10.8. The second-order valence-corrected chi connectivity index (χ2v) is 22.7. The fourth-order valence-corrected chi connectivity index (χ4v) is 13.7. The predicted octanol–water partition coefficient (Wildman–Crippen LogP) is 19.1. The summed E-state index contributed by atoms with van der Waals surface area (Å²) in [5.41, 5.74) is 9.58. The number of rotatable bonds is 21. The van der Waals surface area contributed by atoms with Crippen LogP contribution in [0.4, 0.5) is 0 Å². The minimum atomic E-state index is 0. The van der Waals surface area contributed by atoms with Gasteiger partial charge in [0.05, 0.1) is 6.54 Å². The second kappa shape index (κ2) is 21.6. The van der Waals surface area contributed by atoms with Crippen LogP contribution in [0, 0.1) is 19.8 Å². The van der Waals surface area contributed by atoms with Crippen LogP contribution in [0.15, 0.2) is 97.1 Å². The third-order valence-corrected chi connectivity index (χ3v) is 17.8. The summed E-state index contributed by atoms with van der Waals surface area (Å²) in [5, 5.41) is 13.9. The van der Waals surface area contributed by atoms with Gasteiger partial charge in [-0.25, -0.2) is 0 Å². The van der Waals surface area contributed by atoms with Crippen LogP contribution in [-0.4, -0.2) is 24.9 Å². The Kier molecular flexibility index (Phi) is 15.8. The van der Waals surface area contributed by atoms with Crippen molar-refractivity contribution in [1.82, 2.24) is 19.6 Å². The summed E-state index contributed by atoms with van der Waals surface area (Å²) in [4.78, 5) is 12.5. The number of fused-ring (bicyclic) bond motifs is 4. The Hall–Kier alpha value is -3.86. The fraction of sp³-hybridized carbons (Fsp3) is 0.382.